The van der Waals surface area contributed by atoms with Crippen molar-refractivity contribution in [2.24, 2.45) is 0 Å². The predicted molar refractivity (Wildman–Crippen MR) is 57.2 cm³/mol. The van der Waals surface area contributed by atoms with Crippen LogP contribution in [0.3, 0.4) is 0 Å². The van der Waals surface area contributed by atoms with E-state index in [0.29, 0.717) is 13.2 Å². The molecule has 0 aromatic heterocycles. The van der Waals surface area contributed by atoms with Crippen molar-refractivity contribution in [2.45, 2.75) is 39.3 Å². The lowest BCUT2D eigenvalue weighted by molar-refractivity contribution is -0.121. The molecule has 14 heavy (non-hydrogen) atoms. The van der Waals surface area contributed by atoms with Crippen LogP contribution in [-0.4, -0.2) is 37.7 Å². The summed E-state index contributed by atoms with van der Waals surface area (Å²) in [5, 5.41) is 5.94. The largest absolute Gasteiger partial charge is 0.383 e. The number of hydrogen-bond acceptors (Lipinski definition) is 3. The van der Waals surface area contributed by atoms with Crippen LogP contribution in [0.4, 0.5) is 0 Å². The summed E-state index contributed by atoms with van der Waals surface area (Å²) in [4.78, 5) is 11.4. The van der Waals surface area contributed by atoms with Crippen LogP contribution in [0, 0.1) is 0 Å². The van der Waals surface area contributed by atoms with Crippen LogP contribution in [0.5, 0.6) is 0 Å². The third-order valence-corrected chi connectivity index (χ3v) is 1.54. The van der Waals surface area contributed by atoms with Crippen molar-refractivity contribution < 1.29 is 9.53 Å². The number of nitrogens with one attached hydrogen (secondary N) is 2. The van der Waals surface area contributed by atoms with Crippen LogP contribution in [0.25, 0.3) is 0 Å². The van der Waals surface area contributed by atoms with Crippen molar-refractivity contribution in [3.8, 4) is 0 Å². The van der Waals surface area contributed by atoms with Gasteiger partial charge in [-0.25, -0.2) is 0 Å². The molecule has 4 nitrogen and oxygen atoms in total. The molecule has 0 fully saturated rings. The maximum Gasteiger partial charge on any atom is 0.234 e. The van der Waals surface area contributed by atoms with Crippen molar-refractivity contribution in [1.29, 1.82) is 0 Å². The second-order valence-corrected chi connectivity index (χ2v) is 4.54. The summed E-state index contributed by atoms with van der Waals surface area (Å²) in [6.07, 6.45) is 0. The fraction of sp³-hybridized carbons (Fsp3) is 0.900. The minimum absolute atomic E-state index is 0.0143. The van der Waals surface area contributed by atoms with Crippen LogP contribution >= 0.6 is 0 Å². The zero-order valence-corrected chi connectivity index (χ0v) is 9.81. The van der Waals surface area contributed by atoms with Gasteiger partial charge >= 0.3 is 0 Å². The Labute approximate surface area is 86.4 Å². The molecule has 0 aliphatic carbocycles. The van der Waals surface area contributed by atoms with Crippen LogP contribution in [0.2, 0.25) is 0 Å². The molecule has 0 aliphatic heterocycles. The van der Waals surface area contributed by atoms with Crippen LogP contribution in [0.1, 0.15) is 27.7 Å². The molecule has 0 saturated carbocycles. The van der Waals surface area contributed by atoms with Gasteiger partial charge in [0.2, 0.25) is 5.91 Å². The average Bonchev–Trinajstić information content (AvgIpc) is 1.98. The lowest BCUT2D eigenvalue weighted by Gasteiger charge is -2.21. The zero-order chi connectivity index (χ0) is 11.2. The molecule has 0 aromatic carbocycles. The van der Waals surface area contributed by atoms with E-state index in [-0.39, 0.29) is 17.5 Å². The number of amides is 1. The maximum atomic E-state index is 11.4. The first-order valence-corrected chi connectivity index (χ1v) is 4.88. The fourth-order valence-electron chi connectivity index (χ4n) is 1.04. The maximum absolute atomic E-state index is 11.4. The Morgan fingerprint density at radius 3 is 2.43 bits per heavy atom. The number of ether oxygens (including phenoxy) is 1. The summed E-state index contributed by atoms with van der Waals surface area (Å²) >= 11 is 0. The summed E-state index contributed by atoms with van der Waals surface area (Å²) in [6.45, 7) is 8.81. The number of methoxy groups -OCH3 is 1. The van der Waals surface area contributed by atoms with Crippen LogP contribution in [-0.2, 0) is 9.53 Å². The van der Waals surface area contributed by atoms with Gasteiger partial charge in [-0.05, 0) is 27.7 Å². The summed E-state index contributed by atoms with van der Waals surface area (Å²) in [7, 11) is 1.65. The van der Waals surface area contributed by atoms with Crippen molar-refractivity contribution in [3.63, 3.8) is 0 Å². The predicted octanol–water partition coefficient (Wildman–Crippen LogP) is 0.526. The molecular weight excluding hydrogens is 180 g/mol. The quantitative estimate of drug-likeness (QED) is 0.683. The molecule has 0 aromatic rings. The monoisotopic (exact) mass is 202 g/mol. The van der Waals surface area contributed by atoms with Gasteiger partial charge in [0.05, 0.1) is 13.2 Å². The van der Waals surface area contributed by atoms with Crippen LogP contribution < -0.4 is 10.6 Å². The minimum atomic E-state index is -0.163. The molecule has 1 unspecified atom stereocenters. The highest BCUT2D eigenvalue weighted by Crippen LogP contribution is 1.97. The Hall–Kier alpha value is -0.610. The SMILES string of the molecule is COCC(C)NCC(=O)NC(C)(C)C. The summed E-state index contributed by atoms with van der Waals surface area (Å²) in [6, 6.07) is 0.200. The van der Waals surface area contributed by atoms with Crippen molar-refractivity contribution in [2.75, 3.05) is 20.3 Å². The zero-order valence-electron chi connectivity index (χ0n) is 9.81. The second-order valence-electron chi connectivity index (χ2n) is 4.54. The van der Waals surface area contributed by atoms with E-state index in [2.05, 4.69) is 10.6 Å². The van der Waals surface area contributed by atoms with Crippen molar-refractivity contribution in [1.82, 2.24) is 10.6 Å². The molecule has 1 amide bonds. The lowest BCUT2D eigenvalue weighted by Crippen LogP contribution is -2.46. The van der Waals surface area contributed by atoms with E-state index in [9.17, 15) is 4.79 Å². The van der Waals surface area contributed by atoms with E-state index in [0.717, 1.165) is 0 Å². The molecule has 0 spiro atoms. The summed E-state index contributed by atoms with van der Waals surface area (Å²) < 4.78 is 4.94. The van der Waals surface area contributed by atoms with Gasteiger partial charge in [0.1, 0.15) is 0 Å². The van der Waals surface area contributed by atoms with Crippen molar-refractivity contribution in [3.05, 3.63) is 0 Å². The fourth-order valence-corrected chi connectivity index (χ4v) is 1.04. The van der Waals surface area contributed by atoms with Gasteiger partial charge < -0.3 is 15.4 Å². The van der Waals surface area contributed by atoms with Gasteiger partial charge in [-0.15, -0.1) is 0 Å². The Bertz CT molecular complexity index is 175. The highest BCUT2D eigenvalue weighted by atomic mass is 16.5. The third-order valence-electron chi connectivity index (χ3n) is 1.54. The smallest absolute Gasteiger partial charge is 0.234 e. The van der Waals surface area contributed by atoms with E-state index >= 15 is 0 Å². The Balaban J connectivity index is 3.64. The standard InChI is InChI=1S/C10H22N2O2/c1-8(7-14-5)11-6-9(13)12-10(2,3)4/h8,11H,6-7H2,1-5H3,(H,12,13). The van der Waals surface area contributed by atoms with E-state index in [1.807, 2.05) is 27.7 Å². The minimum Gasteiger partial charge on any atom is -0.383 e. The third kappa shape index (κ3) is 8.01. The Morgan fingerprint density at radius 2 is 2.00 bits per heavy atom. The van der Waals surface area contributed by atoms with Gasteiger partial charge in [0, 0.05) is 18.7 Å². The van der Waals surface area contributed by atoms with Gasteiger partial charge in [0.25, 0.3) is 0 Å². The van der Waals surface area contributed by atoms with Gasteiger partial charge in [-0.2, -0.15) is 0 Å². The Morgan fingerprint density at radius 1 is 1.43 bits per heavy atom. The van der Waals surface area contributed by atoms with Crippen molar-refractivity contribution >= 4 is 5.91 Å². The van der Waals surface area contributed by atoms with E-state index in [1.54, 1.807) is 7.11 Å². The first-order valence-electron chi connectivity index (χ1n) is 4.88. The molecule has 4 heteroatoms. The van der Waals surface area contributed by atoms with Gasteiger partial charge in [0.15, 0.2) is 0 Å². The average molecular weight is 202 g/mol. The molecule has 84 valence electrons. The number of rotatable bonds is 5. The highest BCUT2D eigenvalue weighted by Gasteiger charge is 2.13. The van der Waals surface area contributed by atoms with E-state index < -0.39 is 0 Å². The van der Waals surface area contributed by atoms with Crippen LogP contribution in [0.15, 0.2) is 0 Å². The lowest BCUT2D eigenvalue weighted by atomic mass is 10.1. The number of hydrogen-bond donors (Lipinski definition) is 2. The first-order chi connectivity index (χ1) is 6.35. The summed E-state index contributed by atoms with van der Waals surface area (Å²) in [5.41, 5.74) is -0.163. The number of carbonyl (C=O) groups excluding carboxylic acids is 1. The normalized spacial score (nSPS) is 13.8. The highest BCUT2D eigenvalue weighted by molar-refractivity contribution is 5.78. The van der Waals surface area contributed by atoms with Gasteiger partial charge in [-0.1, -0.05) is 0 Å². The molecular formula is C10H22N2O2. The summed E-state index contributed by atoms with van der Waals surface area (Å²) in [5.74, 6) is 0.0143. The number of carbonyl (C=O) groups is 1. The molecule has 0 rings (SSSR count). The molecule has 0 heterocycles. The Kier molecular flexibility index (Phi) is 5.72. The van der Waals surface area contributed by atoms with Gasteiger partial charge in [-0.3, -0.25) is 4.79 Å². The molecule has 1 atom stereocenters. The second kappa shape index (κ2) is 5.98. The topological polar surface area (TPSA) is 50.4 Å². The molecule has 0 aliphatic rings. The molecule has 0 saturated heterocycles. The first kappa shape index (κ1) is 13.4. The van der Waals surface area contributed by atoms with E-state index in [4.69, 9.17) is 4.74 Å². The van der Waals surface area contributed by atoms with E-state index in [1.165, 1.54) is 0 Å². The molecule has 0 bridgehead atoms. The molecule has 0 radical (unpaired) electrons. The molecule has 2 N–H and O–H groups in total.